The van der Waals surface area contributed by atoms with Gasteiger partial charge in [0.25, 0.3) is 5.24 Å². The highest BCUT2D eigenvalue weighted by atomic mass is 35.5. The van der Waals surface area contributed by atoms with E-state index in [9.17, 15) is 22.4 Å². The number of carbonyl (C=O) groups is 1. The van der Waals surface area contributed by atoms with Crippen LogP contribution in [0, 0.1) is 0 Å². The standard InChI is InChI=1S/C9H5ClF4O3/c10-7(15)4-1-2-5(16-8(11)12)6(3-4)17-9(13)14/h1-3,8-9H. The summed E-state index contributed by atoms with van der Waals surface area (Å²) in [5.41, 5.74) is -0.177. The van der Waals surface area contributed by atoms with Crippen molar-refractivity contribution in [3.63, 3.8) is 0 Å². The summed E-state index contributed by atoms with van der Waals surface area (Å²) in [6.45, 7) is -6.44. The van der Waals surface area contributed by atoms with Crippen LogP contribution in [0.4, 0.5) is 17.6 Å². The molecule has 1 aromatic rings. The molecule has 0 aliphatic rings. The van der Waals surface area contributed by atoms with E-state index in [-0.39, 0.29) is 5.56 Å². The molecule has 0 aliphatic heterocycles. The lowest BCUT2D eigenvalue weighted by Crippen LogP contribution is -2.08. The summed E-state index contributed by atoms with van der Waals surface area (Å²) in [7, 11) is 0. The Hall–Kier alpha value is -1.50. The molecule has 0 unspecified atom stereocenters. The van der Waals surface area contributed by atoms with Crippen molar-refractivity contribution in [3.05, 3.63) is 23.8 Å². The van der Waals surface area contributed by atoms with Crippen LogP contribution >= 0.6 is 11.6 Å². The van der Waals surface area contributed by atoms with E-state index < -0.39 is 30.0 Å². The number of alkyl halides is 4. The predicted molar refractivity (Wildman–Crippen MR) is 49.9 cm³/mol. The van der Waals surface area contributed by atoms with E-state index in [2.05, 4.69) is 9.47 Å². The normalized spacial score (nSPS) is 10.8. The number of hydrogen-bond donors (Lipinski definition) is 0. The number of carbonyl (C=O) groups excluding carboxylic acids is 1. The maximum atomic E-state index is 12.0. The van der Waals surface area contributed by atoms with E-state index in [0.717, 1.165) is 18.2 Å². The van der Waals surface area contributed by atoms with Crippen LogP contribution < -0.4 is 9.47 Å². The molecule has 1 rings (SSSR count). The molecule has 0 heterocycles. The van der Waals surface area contributed by atoms with Gasteiger partial charge in [-0.2, -0.15) is 17.6 Å². The third kappa shape index (κ3) is 4.10. The summed E-state index contributed by atoms with van der Waals surface area (Å²) < 4.78 is 55.7. The van der Waals surface area contributed by atoms with Gasteiger partial charge in [-0.15, -0.1) is 0 Å². The zero-order valence-electron chi connectivity index (χ0n) is 8.00. The Bertz CT molecular complexity index is 411. The van der Waals surface area contributed by atoms with E-state index in [1.54, 1.807) is 0 Å². The summed E-state index contributed by atoms with van der Waals surface area (Å²) in [5.74, 6) is -1.30. The van der Waals surface area contributed by atoms with Crippen LogP contribution in [0.5, 0.6) is 11.5 Å². The summed E-state index contributed by atoms with van der Waals surface area (Å²) in [5, 5.41) is -0.937. The first-order valence-corrected chi connectivity index (χ1v) is 4.51. The highest BCUT2D eigenvalue weighted by Crippen LogP contribution is 2.31. The quantitative estimate of drug-likeness (QED) is 0.609. The van der Waals surface area contributed by atoms with Crippen LogP contribution in [0.15, 0.2) is 18.2 Å². The Morgan fingerprint density at radius 2 is 1.59 bits per heavy atom. The molecule has 0 saturated carbocycles. The van der Waals surface area contributed by atoms with Crippen molar-refractivity contribution in [2.75, 3.05) is 0 Å². The van der Waals surface area contributed by atoms with Crippen molar-refractivity contribution in [2.45, 2.75) is 13.2 Å². The molecule has 1 aromatic carbocycles. The molecule has 0 amide bonds. The van der Waals surface area contributed by atoms with E-state index >= 15 is 0 Å². The number of rotatable bonds is 5. The van der Waals surface area contributed by atoms with Gasteiger partial charge < -0.3 is 9.47 Å². The van der Waals surface area contributed by atoms with Gasteiger partial charge in [-0.25, -0.2) is 0 Å². The lowest BCUT2D eigenvalue weighted by atomic mass is 10.2. The average molecular weight is 273 g/mol. The second kappa shape index (κ2) is 5.72. The number of hydrogen-bond acceptors (Lipinski definition) is 3. The van der Waals surface area contributed by atoms with Crippen LogP contribution in [0.3, 0.4) is 0 Å². The number of halogens is 5. The van der Waals surface area contributed by atoms with E-state index in [1.165, 1.54) is 0 Å². The minimum absolute atomic E-state index is 0.177. The Labute approximate surface area is 97.9 Å². The summed E-state index contributed by atoms with van der Waals surface area (Å²) >= 11 is 5.10. The van der Waals surface area contributed by atoms with E-state index in [4.69, 9.17) is 11.6 Å². The fraction of sp³-hybridized carbons (Fsp3) is 0.222. The van der Waals surface area contributed by atoms with Crippen molar-refractivity contribution < 1.29 is 31.8 Å². The Morgan fingerprint density at radius 3 is 2.06 bits per heavy atom. The van der Waals surface area contributed by atoms with Crippen molar-refractivity contribution in [1.29, 1.82) is 0 Å². The second-order valence-electron chi connectivity index (χ2n) is 2.69. The topological polar surface area (TPSA) is 35.5 Å². The Kier molecular flexibility index (Phi) is 4.56. The zero-order valence-corrected chi connectivity index (χ0v) is 8.76. The number of ether oxygens (including phenoxy) is 2. The Morgan fingerprint density at radius 1 is 1.06 bits per heavy atom. The van der Waals surface area contributed by atoms with Gasteiger partial charge in [-0.05, 0) is 29.8 Å². The second-order valence-corrected chi connectivity index (χ2v) is 3.04. The smallest absolute Gasteiger partial charge is 0.387 e. The van der Waals surface area contributed by atoms with E-state index in [0.29, 0.717) is 0 Å². The molecule has 3 nitrogen and oxygen atoms in total. The zero-order chi connectivity index (χ0) is 13.0. The molecule has 8 heteroatoms. The van der Waals surface area contributed by atoms with Crippen molar-refractivity contribution in [1.82, 2.24) is 0 Å². The molecular formula is C9H5ClF4O3. The fourth-order valence-electron chi connectivity index (χ4n) is 1.01. The third-order valence-corrected chi connectivity index (χ3v) is 1.82. The van der Waals surface area contributed by atoms with Gasteiger partial charge in [-0.1, -0.05) is 0 Å². The maximum absolute atomic E-state index is 12.0. The summed E-state index contributed by atoms with van der Waals surface area (Å²) in [6, 6.07) is 2.73. The van der Waals surface area contributed by atoms with Crippen LogP contribution in [0.2, 0.25) is 0 Å². The molecule has 0 aliphatic carbocycles. The number of benzene rings is 1. The van der Waals surface area contributed by atoms with Gasteiger partial charge in [-0.3, -0.25) is 4.79 Å². The SMILES string of the molecule is O=C(Cl)c1ccc(OC(F)F)c(OC(F)F)c1. The molecule has 0 N–H and O–H groups in total. The maximum Gasteiger partial charge on any atom is 0.387 e. The van der Waals surface area contributed by atoms with Gasteiger partial charge in [0.1, 0.15) is 0 Å². The van der Waals surface area contributed by atoms with Crippen molar-refractivity contribution in [3.8, 4) is 11.5 Å². The predicted octanol–water partition coefficient (Wildman–Crippen LogP) is 3.27. The third-order valence-electron chi connectivity index (χ3n) is 1.60. The lowest BCUT2D eigenvalue weighted by Gasteiger charge is -2.11. The molecule has 0 bridgehead atoms. The van der Waals surface area contributed by atoms with Crippen LogP contribution in [-0.2, 0) is 0 Å². The minimum atomic E-state index is -3.24. The highest BCUT2D eigenvalue weighted by molar-refractivity contribution is 6.67. The first kappa shape index (κ1) is 13.6. The first-order valence-electron chi connectivity index (χ1n) is 4.13. The van der Waals surface area contributed by atoms with Gasteiger partial charge in [0.05, 0.1) is 0 Å². The van der Waals surface area contributed by atoms with Gasteiger partial charge in [0.2, 0.25) is 0 Å². The lowest BCUT2D eigenvalue weighted by molar-refractivity contribution is -0.0692. The molecule has 0 saturated heterocycles. The molecule has 0 atom stereocenters. The Balaban J connectivity index is 3.07. The molecule has 0 aromatic heterocycles. The molecule has 17 heavy (non-hydrogen) atoms. The van der Waals surface area contributed by atoms with Crippen molar-refractivity contribution in [2.24, 2.45) is 0 Å². The largest absolute Gasteiger partial charge is 0.431 e. The van der Waals surface area contributed by atoms with Crippen molar-refractivity contribution >= 4 is 16.8 Å². The fourth-order valence-corrected chi connectivity index (χ4v) is 1.13. The average Bonchev–Trinajstić information content (AvgIpc) is 2.18. The van der Waals surface area contributed by atoms with Gasteiger partial charge in [0, 0.05) is 5.56 Å². The molecule has 0 radical (unpaired) electrons. The monoisotopic (exact) mass is 272 g/mol. The van der Waals surface area contributed by atoms with E-state index in [1.807, 2.05) is 0 Å². The van der Waals surface area contributed by atoms with Crippen LogP contribution in [0.25, 0.3) is 0 Å². The first-order chi connectivity index (χ1) is 7.90. The van der Waals surface area contributed by atoms with Gasteiger partial charge >= 0.3 is 13.2 Å². The van der Waals surface area contributed by atoms with Gasteiger partial charge in [0.15, 0.2) is 11.5 Å². The molecular weight excluding hydrogens is 268 g/mol. The molecule has 0 spiro atoms. The highest BCUT2D eigenvalue weighted by Gasteiger charge is 2.16. The molecule has 94 valence electrons. The minimum Gasteiger partial charge on any atom is -0.431 e. The van der Waals surface area contributed by atoms with Crippen LogP contribution in [0.1, 0.15) is 10.4 Å². The summed E-state index contributed by atoms with van der Waals surface area (Å²) in [4.78, 5) is 10.8. The van der Waals surface area contributed by atoms with Crippen LogP contribution in [-0.4, -0.2) is 18.5 Å². The summed E-state index contributed by atoms with van der Waals surface area (Å²) in [6.07, 6.45) is 0. The molecule has 0 fully saturated rings.